The second-order valence-corrected chi connectivity index (χ2v) is 7.45. The lowest BCUT2D eigenvalue weighted by Crippen LogP contribution is -2.22. The van der Waals surface area contributed by atoms with Gasteiger partial charge in [-0.05, 0) is 55.0 Å². The number of nitrogens with one attached hydrogen (secondary N) is 1. The molecule has 2 heterocycles. The van der Waals surface area contributed by atoms with Crippen LogP contribution in [0.4, 0.5) is 20.3 Å². The number of hydrogen-bond donors (Lipinski definition) is 1. The highest BCUT2D eigenvalue weighted by Gasteiger charge is 2.15. The molecule has 0 unspecified atom stereocenters. The predicted molar refractivity (Wildman–Crippen MR) is 112 cm³/mol. The summed E-state index contributed by atoms with van der Waals surface area (Å²) in [5.74, 6) is -1.78. The predicted octanol–water partition coefficient (Wildman–Crippen LogP) is 5.66. The Balaban J connectivity index is 1.86. The van der Waals surface area contributed by atoms with Crippen LogP contribution >= 0.6 is 15.9 Å². The number of carbonyl (C=O) groups excluding carboxylic acids is 1. The maximum atomic E-state index is 14.1. The Morgan fingerprint density at radius 3 is 2.67 bits per heavy atom. The number of aryl methyl sites for hydroxylation is 1. The number of halogens is 3. The molecular formula is C22H14BrF2N3O2. The van der Waals surface area contributed by atoms with Gasteiger partial charge in [-0.2, -0.15) is 0 Å². The van der Waals surface area contributed by atoms with Crippen LogP contribution < -0.4 is 10.9 Å². The summed E-state index contributed by atoms with van der Waals surface area (Å²) in [6.07, 6.45) is 1.62. The highest BCUT2D eigenvalue weighted by Crippen LogP contribution is 2.22. The number of anilines is 1. The van der Waals surface area contributed by atoms with Crippen LogP contribution in [0.25, 0.3) is 11.0 Å². The number of amides is 1. The molecule has 150 valence electrons. The summed E-state index contributed by atoms with van der Waals surface area (Å²) in [5, 5.41) is 3.32. The van der Waals surface area contributed by atoms with Crippen LogP contribution in [0.3, 0.4) is 0 Å². The first kappa shape index (κ1) is 19.9. The fourth-order valence-electron chi connectivity index (χ4n) is 2.75. The lowest BCUT2D eigenvalue weighted by atomic mass is 10.1. The Hall–Kier alpha value is -3.39. The summed E-state index contributed by atoms with van der Waals surface area (Å²) in [7, 11) is 0. The van der Waals surface area contributed by atoms with Gasteiger partial charge >= 0.3 is 0 Å². The quantitative estimate of drug-likeness (QED) is 0.420. The molecule has 0 atom stereocenters. The van der Waals surface area contributed by atoms with E-state index in [-0.39, 0.29) is 16.8 Å². The highest BCUT2D eigenvalue weighted by molar-refractivity contribution is 9.10. The molecule has 0 fully saturated rings. The molecule has 4 rings (SSSR count). The Morgan fingerprint density at radius 1 is 1.10 bits per heavy atom. The molecule has 1 amide bonds. The SMILES string of the molecule is Cc1ccc(NC(=O)c2cc3cc(Br)ccc3oc2=Nc2ccc(F)cc2F)nc1. The first-order valence-electron chi connectivity index (χ1n) is 8.86. The van der Waals surface area contributed by atoms with Gasteiger partial charge in [-0.3, -0.25) is 4.79 Å². The van der Waals surface area contributed by atoms with Crippen LogP contribution in [0, 0.1) is 18.6 Å². The average molecular weight is 470 g/mol. The summed E-state index contributed by atoms with van der Waals surface area (Å²) in [6.45, 7) is 1.88. The molecule has 4 aromatic rings. The van der Waals surface area contributed by atoms with E-state index in [1.54, 1.807) is 36.5 Å². The number of pyridine rings is 1. The van der Waals surface area contributed by atoms with Crippen LogP contribution in [0.2, 0.25) is 0 Å². The second kappa shape index (κ2) is 8.16. The van der Waals surface area contributed by atoms with E-state index in [4.69, 9.17) is 4.42 Å². The molecule has 5 nitrogen and oxygen atoms in total. The smallest absolute Gasteiger partial charge is 0.262 e. The van der Waals surface area contributed by atoms with Crippen molar-refractivity contribution in [3.8, 4) is 0 Å². The van der Waals surface area contributed by atoms with E-state index in [0.717, 1.165) is 16.1 Å². The third-order valence-electron chi connectivity index (χ3n) is 4.24. The maximum absolute atomic E-state index is 14.1. The summed E-state index contributed by atoms with van der Waals surface area (Å²) < 4.78 is 33.9. The number of aromatic nitrogens is 1. The molecule has 2 aromatic carbocycles. The van der Waals surface area contributed by atoms with Crippen LogP contribution in [-0.4, -0.2) is 10.9 Å². The lowest BCUT2D eigenvalue weighted by Gasteiger charge is -2.07. The Kier molecular flexibility index (Phi) is 5.41. The van der Waals surface area contributed by atoms with E-state index >= 15 is 0 Å². The zero-order chi connectivity index (χ0) is 21.3. The van der Waals surface area contributed by atoms with Crippen molar-refractivity contribution < 1.29 is 18.0 Å². The number of carbonyl (C=O) groups is 1. The first-order chi connectivity index (χ1) is 14.4. The van der Waals surface area contributed by atoms with E-state index in [9.17, 15) is 13.6 Å². The van der Waals surface area contributed by atoms with E-state index in [1.165, 1.54) is 6.07 Å². The zero-order valence-corrected chi connectivity index (χ0v) is 17.2. The minimum Gasteiger partial charge on any atom is -0.438 e. The van der Waals surface area contributed by atoms with Gasteiger partial charge in [0.05, 0.1) is 0 Å². The molecule has 30 heavy (non-hydrogen) atoms. The summed E-state index contributed by atoms with van der Waals surface area (Å²) in [6, 6.07) is 13.3. The van der Waals surface area contributed by atoms with Crippen molar-refractivity contribution in [3.05, 3.63) is 93.6 Å². The maximum Gasteiger partial charge on any atom is 0.262 e. The van der Waals surface area contributed by atoms with Crippen LogP contribution in [-0.2, 0) is 0 Å². The fraction of sp³-hybridized carbons (Fsp3) is 0.0455. The van der Waals surface area contributed by atoms with Crippen molar-refractivity contribution in [3.63, 3.8) is 0 Å². The van der Waals surface area contributed by atoms with E-state index < -0.39 is 17.5 Å². The molecule has 0 aliphatic rings. The summed E-state index contributed by atoms with van der Waals surface area (Å²) in [5.41, 5.74) is 1.20. The molecule has 0 spiro atoms. The van der Waals surface area contributed by atoms with Gasteiger partial charge in [0.25, 0.3) is 5.91 Å². The third-order valence-corrected chi connectivity index (χ3v) is 4.73. The molecule has 0 aliphatic carbocycles. The number of nitrogens with zero attached hydrogens (tertiary/aromatic N) is 2. The molecule has 0 aliphatic heterocycles. The topological polar surface area (TPSA) is 67.5 Å². The van der Waals surface area contributed by atoms with Crippen molar-refractivity contribution in [1.29, 1.82) is 0 Å². The molecule has 1 N–H and O–H groups in total. The minimum atomic E-state index is -0.868. The largest absolute Gasteiger partial charge is 0.438 e. The fourth-order valence-corrected chi connectivity index (χ4v) is 3.13. The second-order valence-electron chi connectivity index (χ2n) is 6.53. The Morgan fingerprint density at radius 2 is 1.93 bits per heavy atom. The zero-order valence-electron chi connectivity index (χ0n) is 15.6. The average Bonchev–Trinajstić information content (AvgIpc) is 2.71. The van der Waals surface area contributed by atoms with Crippen molar-refractivity contribution in [2.24, 2.45) is 4.99 Å². The standard InChI is InChI=1S/C22H14BrF2N3O2/c1-12-2-7-20(26-11-12)28-21(29)16-9-13-8-14(23)3-6-19(13)30-22(16)27-18-5-4-15(24)10-17(18)25/h2-11H,1H3,(H,26,28,29). The van der Waals surface area contributed by atoms with Gasteiger partial charge in [-0.25, -0.2) is 18.8 Å². The number of benzene rings is 2. The van der Waals surface area contributed by atoms with Crippen molar-refractivity contribution >= 4 is 44.3 Å². The minimum absolute atomic E-state index is 0.0756. The number of hydrogen-bond acceptors (Lipinski definition) is 4. The lowest BCUT2D eigenvalue weighted by molar-refractivity contribution is 0.102. The van der Waals surface area contributed by atoms with Crippen molar-refractivity contribution in [2.45, 2.75) is 6.92 Å². The molecule has 0 radical (unpaired) electrons. The molecule has 2 aromatic heterocycles. The van der Waals surface area contributed by atoms with Gasteiger partial charge in [0.1, 0.15) is 28.5 Å². The monoisotopic (exact) mass is 469 g/mol. The van der Waals surface area contributed by atoms with Gasteiger partial charge in [0.15, 0.2) is 5.82 Å². The van der Waals surface area contributed by atoms with E-state index in [0.29, 0.717) is 22.9 Å². The van der Waals surface area contributed by atoms with Gasteiger partial charge < -0.3 is 9.73 Å². The molecular weight excluding hydrogens is 456 g/mol. The number of fused-ring (bicyclic) bond motifs is 1. The van der Waals surface area contributed by atoms with Crippen molar-refractivity contribution in [2.75, 3.05) is 5.32 Å². The summed E-state index contributed by atoms with van der Waals surface area (Å²) >= 11 is 3.38. The Labute approximate surface area is 178 Å². The Bertz CT molecular complexity index is 1330. The van der Waals surface area contributed by atoms with Crippen LogP contribution in [0.15, 0.2) is 74.7 Å². The highest BCUT2D eigenvalue weighted by atomic mass is 79.9. The van der Waals surface area contributed by atoms with Crippen LogP contribution in [0.5, 0.6) is 0 Å². The summed E-state index contributed by atoms with van der Waals surface area (Å²) in [4.78, 5) is 21.2. The van der Waals surface area contributed by atoms with E-state index in [2.05, 4.69) is 31.2 Å². The molecule has 0 saturated carbocycles. The van der Waals surface area contributed by atoms with E-state index in [1.807, 2.05) is 13.0 Å². The van der Waals surface area contributed by atoms with Gasteiger partial charge in [-0.1, -0.05) is 22.0 Å². The molecule has 0 bridgehead atoms. The normalized spacial score (nSPS) is 11.7. The third kappa shape index (κ3) is 4.28. The van der Waals surface area contributed by atoms with Crippen molar-refractivity contribution in [1.82, 2.24) is 4.98 Å². The van der Waals surface area contributed by atoms with Gasteiger partial charge in [0.2, 0.25) is 5.55 Å². The van der Waals surface area contributed by atoms with Gasteiger partial charge in [-0.15, -0.1) is 0 Å². The van der Waals surface area contributed by atoms with Gasteiger partial charge in [0, 0.05) is 22.1 Å². The molecule has 0 saturated heterocycles. The first-order valence-corrected chi connectivity index (χ1v) is 9.65. The number of rotatable bonds is 3. The van der Waals surface area contributed by atoms with Crippen LogP contribution in [0.1, 0.15) is 15.9 Å². The molecule has 8 heteroatoms.